The maximum absolute atomic E-state index is 12.3. The van der Waals surface area contributed by atoms with Crippen LogP contribution in [-0.2, 0) is 4.79 Å². The molecule has 1 fully saturated rings. The summed E-state index contributed by atoms with van der Waals surface area (Å²) in [6, 6.07) is 14.4. The second-order valence-electron chi connectivity index (χ2n) is 6.09. The summed E-state index contributed by atoms with van der Waals surface area (Å²) >= 11 is 5.86. The van der Waals surface area contributed by atoms with Gasteiger partial charge in [0.05, 0.1) is 11.6 Å². The number of carbonyl (C=O) groups is 2. The van der Waals surface area contributed by atoms with Gasteiger partial charge >= 0.3 is 0 Å². The van der Waals surface area contributed by atoms with Crippen molar-refractivity contribution in [3.63, 3.8) is 0 Å². The molecule has 1 unspecified atom stereocenters. The van der Waals surface area contributed by atoms with Crippen LogP contribution in [0.5, 0.6) is 5.75 Å². The highest BCUT2D eigenvalue weighted by atomic mass is 35.5. The number of hydrogen-bond acceptors (Lipinski definition) is 3. The first-order valence-corrected chi connectivity index (χ1v) is 8.49. The molecule has 1 atom stereocenters. The van der Waals surface area contributed by atoms with Crippen LogP contribution < -0.4 is 15.8 Å². The first-order chi connectivity index (χ1) is 12.0. The van der Waals surface area contributed by atoms with Crippen molar-refractivity contribution in [3.05, 3.63) is 64.7 Å². The van der Waals surface area contributed by atoms with E-state index >= 15 is 0 Å². The van der Waals surface area contributed by atoms with Crippen LogP contribution >= 0.6 is 11.6 Å². The number of nitrogens with two attached hydrogens (primary N) is 1. The van der Waals surface area contributed by atoms with Gasteiger partial charge in [-0.2, -0.15) is 0 Å². The van der Waals surface area contributed by atoms with E-state index < -0.39 is 5.91 Å². The Kier molecular flexibility index (Phi) is 5.24. The summed E-state index contributed by atoms with van der Waals surface area (Å²) in [5.74, 6) is -0.193. The molecule has 0 radical (unpaired) electrons. The molecule has 1 aliphatic rings. The van der Waals surface area contributed by atoms with Crippen LogP contribution in [0.1, 0.15) is 34.8 Å². The van der Waals surface area contributed by atoms with E-state index in [1.807, 2.05) is 30.3 Å². The molecule has 1 saturated carbocycles. The van der Waals surface area contributed by atoms with E-state index in [4.69, 9.17) is 22.1 Å². The third-order valence-corrected chi connectivity index (χ3v) is 4.37. The van der Waals surface area contributed by atoms with Crippen molar-refractivity contribution < 1.29 is 14.3 Å². The minimum atomic E-state index is -0.655. The zero-order valence-corrected chi connectivity index (χ0v) is 14.3. The largest absolute Gasteiger partial charge is 0.483 e. The standard InChI is InChI=1S/C19H19ClN2O3/c20-14-8-9-16(15(10-14)19(21)24)25-11-17(23)22-18(13-6-7-13)12-4-2-1-3-5-12/h1-5,8-10,13,18H,6-7,11H2,(H2,21,24)(H,22,23). The smallest absolute Gasteiger partial charge is 0.258 e. The minimum Gasteiger partial charge on any atom is -0.483 e. The fourth-order valence-corrected chi connectivity index (χ4v) is 2.91. The van der Waals surface area contributed by atoms with Gasteiger partial charge in [0.25, 0.3) is 11.8 Å². The van der Waals surface area contributed by atoms with Gasteiger partial charge in [0, 0.05) is 5.02 Å². The number of ether oxygens (including phenoxy) is 1. The Morgan fingerprint density at radius 1 is 1.20 bits per heavy atom. The summed E-state index contributed by atoms with van der Waals surface area (Å²) in [5, 5.41) is 3.40. The average Bonchev–Trinajstić information content (AvgIpc) is 3.44. The highest BCUT2D eigenvalue weighted by Crippen LogP contribution is 2.40. The topological polar surface area (TPSA) is 81.4 Å². The maximum atomic E-state index is 12.3. The normalized spacial score (nSPS) is 14.6. The quantitative estimate of drug-likeness (QED) is 0.798. The van der Waals surface area contributed by atoms with Crippen molar-refractivity contribution in [1.29, 1.82) is 0 Å². The lowest BCUT2D eigenvalue weighted by atomic mass is 10.0. The summed E-state index contributed by atoms with van der Waals surface area (Å²) < 4.78 is 5.48. The monoisotopic (exact) mass is 358 g/mol. The molecular weight excluding hydrogens is 340 g/mol. The van der Waals surface area contributed by atoms with E-state index in [0.717, 1.165) is 18.4 Å². The highest BCUT2D eigenvalue weighted by Gasteiger charge is 2.33. The first-order valence-electron chi connectivity index (χ1n) is 8.11. The Balaban J connectivity index is 1.64. The predicted octanol–water partition coefficient (Wildman–Crippen LogP) is 3.09. The first kappa shape index (κ1) is 17.3. The summed E-state index contributed by atoms with van der Waals surface area (Å²) in [4.78, 5) is 23.8. The summed E-state index contributed by atoms with van der Waals surface area (Å²) in [6.45, 7) is -0.196. The second-order valence-corrected chi connectivity index (χ2v) is 6.52. The number of hydrogen-bond donors (Lipinski definition) is 2. The number of carbonyl (C=O) groups excluding carboxylic acids is 2. The Bertz CT molecular complexity index is 775. The molecule has 5 nitrogen and oxygen atoms in total. The van der Waals surface area contributed by atoms with Crippen LogP contribution in [-0.4, -0.2) is 18.4 Å². The van der Waals surface area contributed by atoms with Crippen LogP contribution in [0.25, 0.3) is 0 Å². The third kappa shape index (κ3) is 4.51. The van der Waals surface area contributed by atoms with Crippen molar-refractivity contribution in [2.45, 2.75) is 18.9 Å². The van der Waals surface area contributed by atoms with Gasteiger partial charge in [-0.15, -0.1) is 0 Å². The third-order valence-electron chi connectivity index (χ3n) is 4.13. The number of primary amides is 1. The average molecular weight is 359 g/mol. The Hall–Kier alpha value is -2.53. The van der Waals surface area contributed by atoms with Gasteiger partial charge in [-0.25, -0.2) is 0 Å². The molecule has 2 aromatic rings. The van der Waals surface area contributed by atoms with Crippen LogP contribution in [0.2, 0.25) is 5.02 Å². The zero-order valence-electron chi connectivity index (χ0n) is 13.6. The molecule has 1 aliphatic carbocycles. The van der Waals surface area contributed by atoms with E-state index in [1.165, 1.54) is 12.1 Å². The van der Waals surface area contributed by atoms with Crippen LogP contribution in [0.15, 0.2) is 48.5 Å². The molecule has 0 saturated heterocycles. The van der Waals surface area contributed by atoms with E-state index in [1.54, 1.807) is 6.07 Å². The number of nitrogens with one attached hydrogen (secondary N) is 1. The van der Waals surface area contributed by atoms with Crippen molar-refractivity contribution >= 4 is 23.4 Å². The van der Waals surface area contributed by atoms with E-state index in [-0.39, 0.29) is 29.9 Å². The van der Waals surface area contributed by atoms with Gasteiger partial charge < -0.3 is 15.8 Å². The fraction of sp³-hybridized carbons (Fsp3) is 0.263. The van der Waals surface area contributed by atoms with Gasteiger partial charge in [-0.3, -0.25) is 9.59 Å². The number of halogens is 1. The molecule has 0 bridgehead atoms. The molecule has 3 N–H and O–H groups in total. The number of amides is 2. The van der Waals surface area contributed by atoms with Crippen molar-refractivity contribution in [3.8, 4) is 5.75 Å². The molecule has 130 valence electrons. The van der Waals surface area contributed by atoms with Gasteiger partial charge in [-0.1, -0.05) is 41.9 Å². The van der Waals surface area contributed by atoms with E-state index in [2.05, 4.69) is 5.32 Å². The van der Waals surface area contributed by atoms with Crippen molar-refractivity contribution in [1.82, 2.24) is 5.32 Å². The second kappa shape index (κ2) is 7.57. The molecule has 3 rings (SSSR count). The Morgan fingerprint density at radius 2 is 1.92 bits per heavy atom. The Morgan fingerprint density at radius 3 is 2.56 bits per heavy atom. The lowest BCUT2D eigenvalue weighted by Gasteiger charge is -2.19. The molecule has 0 aromatic heterocycles. The van der Waals surface area contributed by atoms with Gasteiger partial charge in [-0.05, 0) is 42.5 Å². The molecule has 0 aliphatic heterocycles. The SMILES string of the molecule is NC(=O)c1cc(Cl)ccc1OCC(=O)NC(c1ccccc1)C1CC1. The lowest BCUT2D eigenvalue weighted by Crippen LogP contribution is -2.34. The fourth-order valence-electron chi connectivity index (χ4n) is 2.74. The van der Waals surface area contributed by atoms with E-state index in [9.17, 15) is 9.59 Å². The molecule has 6 heteroatoms. The lowest BCUT2D eigenvalue weighted by molar-refractivity contribution is -0.124. The summed E-state index contributed by atoms with van der Waals surface area (Å²) in [7, 11) is 0. The summed E-state index contributed by atoms with van der Waals surface area (Å²) in [5.41, 5.74) is 6.56. The summed E-state index contributed by atoms with van der Waals surface area (Å²) in [6.07, 6.45) is 2.20. The molecule has 2 amide bonds. The molecule has 0 spiro atoms. The number of rotatable bonds is 7. The van der Waals surface area contributed by atoms with Crippen LogP contribution in [0.4, 0.5) is 0 Å². The van der Waals surface area contributed by atoms with Crippen molar-refractivity contribution in [2.75, 3.05) is 6.61 Å². The van der Waals surface area contributed by atoms with Crippen molar-refractivity contribution in [2.24, 2.45) is 11.7 Å². The molecule has 0 heterocycles. The zero-order chi connectivity index (χ0) is 17.8. The molecule has 2 aromatic carbocycles. The minimum absolute atomic E-state index is 0.0156. The predicted molar refractivity (Wildman–Crippen MR) is 95.5 cm³/mol. The molecule has 25 heavy (non-hydrogen) atoms. The maximum Gasteiger partial charge on any atom is 0.258 e. The molecular formula is C19H19ClN2O3. The highest BCUT2D eigenvalue weighted by molar-refractivity contribution is 6.31. The van der Waals surface area contributed by atoms with Gasteiger partial charge in [0.15, 0.2) is 6.61 Å². The van der Waals surface area contributed by atoms with Gasteiger partial charge in [0.2, 0.25) is 0 Å². The van der Waals surface area contributed by atoms with Gasteiger partial charge in [0.1, 0.15) is 5.75 Å². The van der Waals surface area contributed by atoms with E-state index in [0.29, 0.717) is 10.9 Å². The number of benzene rings is 2. The van der Waals surface area contributed by atoms with Crippen LogP contribution in [0, 0.1) is 5.92 Å². The van der Waals surface area contributed by atoms with Crippen LogP contribution in [0.3, 0.4) is 0 Å². The Labute approximate surface area is 151 Å².